The lowest BCUT2D eigenvalue weighted by molar-refractivity contribution is 0.0292. The zero-order valence-corrected chi connectivity index (χ0v) is 25.4. The number of aromatic nitrogens is 2. The van der Waals surface area contributed by atoms with Crippen molar-refractivity contribution in [2.45, 2.75) is 57.4 Å². The van der Waals surface area contributed by atoms with Gasteiger partial charge in [0.2, 0.25) is 0 Å². The molecule has 0 aliphatic carbocycles. The fourth-order valence-corrected chi connectivity index (χ4v) is 6.94. The van der Waals surface area contributed by atoms with Crippen molar-refractivity contribution in [2.75, 3.05) is 6.54 Å². The Morgan fingerprint density at radius 2 is 1.33 bits per heavy atom. The van der Waals surface area contributed by atoms with Gasteiger partial charge in [0.25, 0.3) is 5.91 Å². The smallest absolute Gasteiger partial charge is 0.407 e. The van der Waals surface area contributed by atoms with Gasteiger partial charge in [0, 0.05) is 37.3 Å². The highest BCUT2D eigenvalue weighted by molar-refractivity contribution is 6.01. The van der Waals surface area contributed by atoms with Crippen LogP contribution in [0.2, 0.25) is 0 Å². The fourth-order valence-electron chi connectivity index (χ4n) is 6.94. The van der Waals surface area contributed by atoms with Crippen molar-refractivity contribution in [2.24, 2.45) is 0 Å². The number of carbonyl (C=O) groups is 2. The number of benzene rings is 4. The van der Waals surface area contributed by atoms with Gasteiger partial charge in [-0.05, 0) is 54.7 Å². The molecule has 1 N–H and O–H groups in total. The Labute approximate surface area is 262 Å². The van der Waals surface area contributed by atoms with Crippen LogP contribution in [0.4, 0.5) is 4.79 Å². The zero-order chi connectivity index (χ0) is 31.3. The molecule has 8 nitrogen and oxygen atoms in total. The van der Waals surface area contributed by atoms with Crippen LogP contribution in [-0.2, 0) is 13.1 Å². The van der Waals surface area contributed by atoms with E-state index in [1.807, 2.05) is 60.7 Å². The first-order valence-electron chi connectivity index (χ1n) is 15.6. The third-order valence-electron chi connectivity index (χ3n) is 9.02. The van der Waals surface area contributed by atoms with E-state index in [1.165, 1.54) is 4.57 Å². The number of fused-ring (bicyclic) bond motifs is 1. The highest BCUT2D eigenvalue weighted by Crippen LogP contribution is 2.34. The number of hydrogen-bond donors (Lipinski definition) is 1. The summed E-state index contributed by atoms with van der Waals surface area (Å²) in [4.78, 5) is 44.4. The molecule has 45 heavy (non-hydrogen) atoms. The molecule has 0 spiro atoms. The minimum Gasteiger partial charge on any atom is -0.465 e. The fraction of sp³-hybridized carbons (Fsp3) is 0.270. The summed E-state index contributed by atoms with van der Waals surface area (Å²) in [6.45, 7) is 3.72. The van der Waals surface area contributed by atoms with E-state index in [-0.39, 0.29) is 24.0 Å². The molecular formula is C37H38N4O4. The molecule has 1 amide bonds. The lowest BCUT2D eigenvalue weighted by Gasteiger charge is -2.46. The molecule has 0 radical (unpaired) electrons. The second-order valence-electron chi connectivity index (χ2n) is 11.7. The van der Waals surface area contributed by atoms with E-state index in [0.29, 0.717) is 49.1 Å². The molecule has 1 aliphatic heterocycles. The second-order valence-corrected chi connectivity index (χ2v) is 11.7. The average molecular weight is 603 g/mol. The van der Waals surface area contributed by atoms with Crippen LogP contribution < -0.4 is 5.69 Å². The maximum absolute atomic E-state index is 14.1. The van der Waals surface area contributed by atoms with Crippen molar-refractivity contribution in [3.8, 4) is 0 Å². The molecule has 0 saturated carbocycles. The SMILES string of the molecule is CCC(C1CC(n2c(=O)n(C(=O)c3ccccc3)c3ccccc32)CCN1C(=O)O)N(Cc1ccccc1)Cc1ccccc1. The number of imidazole rings is 1. The molecule has 2 heterocycles. The lowest BCUT2D eigenvalue weighted by atomic mass is 9.89. The number of nitrogens with zero attached hydrogens (tertiary/aromatic N) is 4. The average Bonchev–Trinajstić information content (AvgIpc) is 3.37. The molecule has 5 aromatic rings. The van der Waals surface area contributed by atoms with Crippen LogP contribution in [0.1, 0.15) is 53.7 Å². The van der Waals surface area contributed by atoms with E-state index in [1.54, 1.807) is 39.8 Å². The van der Waals surface area contributed by atoms with Crippen molar-refractivity contribution in [1.82, 2.24) is 18.9 Å². The summed E-state index contributed by atoms with van der Waals surface area (Å²) in [6.07, 6.45) is 0.706. The van der Waals surface area contributed by atoms with Crippen molar-refractivity contribution >= 4 is 23.0 Å². The molecule has 4 aromatic carbocycles. The van der Waals surface area contributed by atoms with Crippen molar-refractivity contribution in [1.29, 1.82) is 0 Å². The predicted octanol–water partition coefficient (Wildman–Crippen LogP) is 6.66. The van der Waals surface area contributed by atoms with Crippen molar-refractivity contribution < 1.29 is 14.7 Å². The summed E-state index contributed by atoms with van der Waals surface area (Å²) < 4.78 is 2.99. The third-order valence-corrected chi connectivity index (χ3v) is 9.02. The zero-order valence-electron chi connectivity index (χ0n) is 25.4. The van der Waals surface area contributed by atoms with Crippen LogP contribution >= 0.6 is 0 Å². The van der Waals surface area contributed by atoms with E-state index in [9.17, 15) is 19.5 Å². The monoisotopic (exact) mass is 602 g/mol. The number of amides is 1. The summed E-state index contributed by atoms with van der Waals surface area (Å²) >= 11 is 0. The first-order chi connectivity index (χ1) is 22.0. The van der Waals surface area contributed by atoms with Gasteiger partial charge in [-0.15, -0.1) is 0 Å². The highest BCUT2D eigenvalue weighted by atomic mass is 16.4. The van der Waals surface area contributed by atoms with Crippen LogP contribution in [0.15, 0.2) is 120 Å². The van der Waals surface area contributed by atoms with Crippen LogP contribution in [0.5, 0.6) is 0 Å². The van der Waals surface area contributed by atoms with Gasteiger partial charge in [-0.3, -0.25) is 14.3 Å². The summed E-state index contributed by atoms with van der Waals surface area (Å²) in [7, 11) is 0. The first-order valence-corrected chi connectivity index (χ1v) is 15.6. The van der Waals surface area contributed by atoms with Crippen molar-refractivity contribution in [3.63, 3.8) is 0 Å². The Kier molecular flexibility index (Phi) is 8.93. The lowest BCUT2D eigenvalue weighted by Crippen LogP contribution is -2.56. The molecule has 230 valence electrons. The number of para-hydroxylation sites is 2. The Balaban J connectivity index is 1.39. The molecule has 3 atom stereocenters. The second kappa shape index (κ2) is 13.4. The summed E-state index contributed by atoms with van der Waals surface area (Å²) in [5, 5.41) is 10.4. The Morgan fingerprint density at radius 3 is 1.89 bits per heavy atom. The van der Waals surface area contributed by atoms with Gasteiger partial charge in [-0.2, -0.15) is 0 Å². The number of carboxylic acid groups (broad SMARTS) is 1. The van der Waals surface area contributed by atoms with Crippen LogP contribution in [0.25, 0.3) is 11.0 Å². The summed E-state index contributed by atoms with van der Waals surface area (Å²) in [5.74, 6) is -0.376. The molecule has 3 unspecified atom stereocenters. The van der Waals surface area contributed by atoms with Crippen LogP contribution in [0.3, 0.4) is 0 Å². The number of rotatable bonds is 9. The van der Waals surface area contributed by atoms with Gasteiger partial charge >= 0.3 is 11.8 Å². The van der Waals surface area contributed by atoms with E-state index >= 15 is 0 Å². The van der Waals surface area contributed by atoms with E-state index < -0.39 is 11.8 Å². The number of hydrogen-bond acceptors (Lipinski definition) is 4. The Bertz CT molecular complexity index is 1780. The minimum absolute atomic E-state index is 0.112. The standard InChI is InChI=1S/C37H38N4O4/c1-2-31(38(25-27-14-6-3-7-15-27)26-28-16-8-4-9-17-28)34-24-30(22-23-39(34)37(44)45)40-32-20-12-13-21-33(32)41(36(40)43)35(42)29-18-10-5-11-19-29/h3-21,30-31,34H,2,22-26H2,1H3,(H,44,45). The third kappa shape index (κ3) is 6.19. The maximum Gasteiger partial charge on any atom is 0.407 e. The molecule has 1 fully saturated rings. The molecule has 1 aromatic heterocycles. The van der Waals surface area contributed by atoms with E-state index in [0.717, 1.165) is 17.5 Å². The molecule has 0 bridgehead atoms. The van der Waals surface area contributed by atoms with Gasteiger partial charge in [0.1, 0.15) is 0 Å². The molecule has 1 saturated heterocycles. The number of likely N-dealkylation sites (tertiary alicyclic amines) is 1. The molecular weight excluding hydrogens is 564 g/mol. The number of piperidine rings is 1. The quantitative estimate of drug-likeness (QED) is 0.204. The normalized spacial score (nSPS) is 17.4. The van der Waals surface area contributed by atoms with Crippen LogP contribution in [0, 0.1) is 0 Å². The maximum atomic E-state index is 14.1. The first kappa shape index (κ1) is 30.1. The van der Waals surface area contributed by atoms with Crippen molar-refractivity contribution in [3.05, 3.63) is 142 Å². The molecule has 6 rings (SSSR count). The van der Waals surface area contributed by atoms with Gasteiger partial charge in [-0.1, -0.05) is 97.9 Å². The Hall–Kier alpha value is -4.95. The van der Waals surface area contributed by atoms with Gasteiger partial charge < -0.3 is 10.0 Å². The van der Waals surface area contributed by atoms with Crippen LogP contribution in [-0.4, -0.2) is 54.7 Å². The highest BCUT2D eigenvalue weighted by Gasteiger charge is 2.40. The topological polar surface area (TPSA) is 87.8 Å². The van der Waals surface area contributed by atoms with Gasteiger partial charge in [0.15, 0.2) is 0 Å². The van der Waals surface area contributed by atoms with Gasteiger partial charge in [0.05, 0.1) is 17.1 Å². The summed E-state index contributed by atoms with van der Waals surface area (Å²) in [5.41, 5.74) is 3.58. The van der Waals surface area contributed by atoms with E-state index in [4.69, 9.17) is 0 Å². The molecule has 1 aliphatic rings. The molecule has 8 heteroatoms. The van der Waals surface area contributed by atoms with E-state index in [2.05, 4.69) is 36.1 Å². The minimum atomic E-state index is -0.953. The Morgan fingerprint density at radius 1 is 0.800 bits per heavy atom. The summed E-state index contributed by atoms with van der Waals surface area (Å²) in [6, 6.07) is 35.9. The predicted molar refractivity (Wildman–Crippen MR) is 175 cm³/mol. The largest absolute Gasteiger partial charge is 0.465 e. The van der Waals surface area contributed by atoms with Gasteiger partial charge in [-0.25, -0.2) is 14.2 Å². The number of carbonyl (C=O) groups excluding carboxylic acids is 1.